The maximum Gasteiger partial charge on any atom is 0.265 e. The largest absolute Gasteiger partial charge is 0.372 e. The molecule has 0 unspecified atom stereocenters. The lowest BCUT2D eigenvalue weighted by atomic mass is 10.3. The van der Waals surface area contributed by atoms with Crippen molar-refractivity contribution in [1.82, 2.24) is 4.98 Å². The first-order valence-corrected chi connectivity index (χ1v) is 7.72. The highest BCUT2D eigenvalue weighted by Gasteiger charge is 2.18. The molecule has 0 fully saturated rings. The molecule has 0 amide bonds. The quantitative estimate of drug-likeness (QED) is 0.896. The Kier molecular flexibility index (Phi) is 4.06. The molecular formula is C12H12BrN3O2S. The predicted molar refractivity (Wildman–Crippen MR) is 78.7 cm³/mol. The Labute approximate surface area is 120 Å². The van der Waals surface area contributed by atoms with Gasteiger partial charge in [0, 0.05) is 23.4 Å². The standard InChI is InChI=1S/C12H12BrN3O2S/c1-14-12-11(6-3-7-15-12)19(17,18)16-10-5-2-4-9(13)8-10/h2-8,16H,1H3,(H,14,15). The highest BCUT2D eigenvalue weighted by molar-refractivity contribution is 9.10. The molecule has 0 aliphatic heterocycles. The summed E-state index contributed by atoms with van der Waals surface area (Å²) in [6.45, 7) is 0. The van der Waals surface area contributed by atoms with Crippen molar-refractivity contribution in [2.75, 3.05) is 17.1 Å². The van der Waals surface area contributed by atoms with Crippen molar-refractivity contribution in [2.24, 2.45) is 0 Å². The molecule has 2 aromatic rings. The van der Waals surface area contributed by atoms with Crippen LogP contribution in [0.25, 0.3) is 0 Å². The normalized spacial score (nSPS) is 11.1. The van der Waals surface area contributed by atoms with Gasteiger partial charge in [-0.05, 0) is 30.3 Å². The summed E-state index contributed by atoms with van der Waals surface area (Å²) < 4.78 is 27.9. The summed E-state index contributed by atoms with van der Waals surface area (Å²) in [5.74, 6) is 0.310. The third-order valence-corrected chi connectivity index (χ3v) is 4.28. The lowest BCUT2D eigenvalue weighted by molar-refractivity contribution is 0.601. The fourth-order valence-corrected chi connectivity index (χ4v) is 3.17. The van der Waals surface area contributed by atoms with Gasteiger partial charge in [0.15, 0.2) is 0 Å². The van der Waals surface area contributed by atoms with Gasteiger partial charge in [0.25, 0.3) is 10.0 Å². The van der Waals surface area contributed by atoms with Gasteiger partial charge in [0.05, 0.1) is 0 Å². The van der Waals surface area contributed by atoms with E-state index in [1.54, 1.807) is 31.3 Å². The third-order valence-electron chi connectivity index (χ3n) is 2.37. The summed E-state index contributed by atoms with van der Waals surface area (Å²) in [5.41, 5.74) is 0.486. The van der Waals surface area contributed by atoms with E-state index >= 15 is 0 Å². The molecule has 100 valence electrons. The molecule has 1 aromatic heterocycles. The molecule has 0 spiro atoms. The second kappa shape index (κ2) is 5.58. The molecule has 0 saturated heterocycles. The van der Waals surface area contributed by atoms with E-state index in [0.29, 0.717) is 11.5 Å². The van der Waals surface area contributed by atoms with Crippen LogP contribution in [-0.2, 0) is 10.0 Å². The second-order valence-electron chi connectivity index (χ2n) is 3.72. The number of aromatic nitrogens is 1. The molecule has 0 bridgehead atoms. The molecule has 1 aromatic carbocycles. The topological polar surface area (TPSA) is 71.1 Å². The number of rotatable bonds is 4. The molecule has 0 atom stereocenters. The lowest BCUT2D eigenvalue weighted by Crippen LogP contribution is -2.15. The summed E-state index contributed by atoms with van der Waals surface area (Å²) in [6, 6.07) is 10.0. The van der Waals surface area contributed by atoms with Crippen molar-refractivity contribution in [3.8, 4) is 0 Å². The molecule has 0 aliphatic carbocycles. The van der Waals surface area contributed by atoms with Crippen LogP contribution in [0.4, 0.5) is 11.5 Å². The van der Waals surface area contributed by atoms with Crippen molar-refractivity contribution in [3.63, 3.8) is 0 Å². The fraction of sp³-hybridized carbons (Fsp3) is 0.0833. The molecule has 1 heterocycles. The van der Waals surface area contributed by atoms with Gasteiger partial charge in [-0.2, -0.15) is 0 Å². The number of hydrogen-bond acceptors (Lipinski definition) is 4. The van der Waals surface area contributed by atoms with Gasteiger partial charge >= 0.3 is 0 Å². The summed E-state index contributed by atoms with van der Waals surface area (Å²) in [7, 11) is -2.04. The zero-order chi connectivity index (χ0) is 13.9. The van der Waals surface area contributed by atoms with E-state index in [4.69, 9.17) is 0 Å². The Morgan fingerprint density at radius 2 is 2.00 bits per heavy atom. The molecular weight excluding hydrogens is 330 g/mol. The predicted octanol–water partition coefficient (Wildman–Crippen LogP) is 2.69. The van der Waals surface area contributed by atoms with Gasteiger partial charge < -0.3 is 5.32 Å². The molecule has 19 heavy (non-hydrogen) atoms. The summed E-state index contributed by atoms with van der Waals surface area (Å²) >= 11 is 3.29. The molecule has 2 N–H and O–H groups in total. The van der Waals surface area contributed by atoms with Crippen LogP contribution < -0.4 is 10.0 Å². The summed E-state index contributed by atoms with van der Waals surface area (Å²) in [5, 5.41) is 2.76. The van der Waals surface area contributed by atoms with Gasteiger partial charge in [-0.25, -0.2) is 13.4 Å². The minimum atomic E-state index is -3.67. The van der Waals surface area contributed by atoms with E-state index in [1.165, 1.54) is 12.3 Å². The lowest BCUT2D eigenvalue weighted by Gasteiger charge is -2.11. The third kappa shape index (κ3) is 3.24. The number of nitrogens with zero attached hydrogens (tertiary/aromatic N) is 1. The van der Waals surface area contributed by atoms with Crippen LogP contribution in [-0.4, -0.2) is 20.4 Å². The second-order valence-corrected chi connectivity index (χ2v) is 6.28. The Bertz CT molecular complexity index is 689. The maximum atomic E-state index is 12.3. The SMILES string of the molecule is CNc1ncccc1S(=O)(=O)Nc1cccc(Br)c1. The van der Waals surface area contributed by atoms with Gasteiger partial charge in [-0.15, -0.1) is 0 Å². The van der Waals surface area contributed by atoms with Gasteiger partial charge in [0.1, 0.15) is 10.7 Å². The number of pyridine rings is 1. The van der Waals surface area contributed by atoms with Crippen LogP contribution in [0.5, 0.6) is 0 Å². The first kappa shape index (κ1) is 13.8. The highest BCUT2D eigenvalue weighted by atomic mass is 79.9. The van der Waals surface area contributed by atoms with E-state index in [9.17, 15) is 8.42 Å². The average Bonchev–Trinajstić information content (AvgIpc) is 2.38. The van der Waals surface area contributed by atoms with Gasteiger partial charge in [-0.1, -0.05) is 22.0 Å². The van der Waals surface area contributed by atoms with E-state index in [-0.39, 0.29) is 4.90 Å². The zero-order valence-electron chi connectivity index (χ0n) is 10.1. The number of benzene rings is 1. The van der Waals surface area contributed by atoms with Gasteiger partial charge in [0.2, 0.25) is 0 Å². The van der Waals surface area contributed by atoms with Crippen molar-refractivity contribution in [3.05, 3.63) is 47.1 Å². The van der Waals surface area contributed by atoms with E-state index in [2.05, 4.69) is 31.0 Å². The van der Waals surface area contributed by atoms with Crippen LogP contribution in [0, 0.1) is 0 Å². The van der Waals surface area contributed by atoms with Crippen LogP contribution in [0.3, 0.4) is 0 Å². The Morgan fingerprint density at radius 1 is 1.21 bits per heavy atom. The van der Waals surface area contributed by atoms with Crippen molar-refractivity contribution >= 4 is 37.5 Å². The monoisotopic (exact) mass is 341 g/mol. The molecule has 0 saturated carbocycles. The first-order valence-electron chi connectivity index (χ1n) is 5.44. The van der Waals surface area contributed by atoms with Crippen molar-refractivity contribution < 1.29 is 8.42 Å². The van der Waals surface area contributed by atoms with Crippen LogP contribution >= 0.6 is 15.9 Å². The zero-order valence-corrected chi connectivity index (χ0v) is 12.5. The minimum Gasteiger partial charge on any atom is -0.372 e. The van der Waals surface area contributed by atoms with Gasteiger partial charge in [-0.3, -0.25) is 4.72 Å². The molecule has 2 rings (SSSR count). The Morgan fingerprint density at radius 3 is 2.68 bits per heavy atom. The Hall–Kier alpha value is -1.60. The van der Waals surface area contributed by atoms with E-state index in [0.717, 1.165) is 4.47 Å². The van der Waals surface area contributed by atoms with Crippen LogP contribution in [0.15, 0.2) is 52.0 Å². The van der Waals surface area contributed by atoms with Crippen molar-refractivity contribution in [1.29, 1.82) is 0 Å². The summed E-state index contributed by atoms with van der Waals surface area (Å²) in [6.07, 6.45) is 1.53. The summed E-state index contributed by atoms with van der Waals surface area (Å²) in [4.78, 5) is 4.09. The van der Waals surface area contributed by atoms with Crippen LogP contribution in [0.2, 0.25) is 0 Å². The average molecular weight is 342 g/mol. The van der Waals surface area contributed by atoms with Crippen LogP contribution in [0.1, 0.15) is 0 Å². The smallest absolute Gasteiger partial charge is 0.265 e. The minimum absolute atomic E-state index is 0.109. The number of anilines is 2. The number of hydrogen-bond donors (Lipinski definition) is 2. The maximum absolute atomic E-state index is 12.3. The number of halogens is 1. The highest BCUT2D eigenvalue weighted by Crippen LogP contribution is 2.22. The van der Waals surface area contributed by atoms with E-state index < -0.39 is 10.0 Å². The van der Waals surface area contributed by atoms with Crippen molar-refractivity contribution in [2.45, 2.75) is 4.90 Å². The van der Waals surface area contributed by atoms with E-state index in [1.807, 2.05) is 6.07 Å². The fourth-order valence-electron chi connectivity index (χ4n) is 1.56. The first-order chi connectivity index (χ1) is 9.03. The Balaban J connectivity index is 2.38. The molecule has 0 aliphatic rings. The molecule has 0 radical (unpaired) electrons. The number of sulfonamides is 1. The molecule has 7 heteroatoms. The number of nitrogens with one attached hydrogen (secondary N) is 2. The molecule has 5 nitrogen and oxygen atoms in total.